The summed E-state index contributed by atoms with van der Waals surface area (Å²) in [5.74, 6) is -0.0681. The molecule has 0 saturated heterocycles. The van der Waals surface area contributed by atoms with Crippen LogP contribution in [0, 0.1) is 0 Å². The van der Waals surface area contributed by atoms with Crippen LogP contribution in [0.4, 0.5) is 0 Å². The lowest BCUT2D eigenvalue weighted by Crippen LogP contribution is -2.07. The summed E-state index contributed by atoms with van der Waals surface area (Å²) in [5.41, 5.74) is 0.166. The van der Waals surface area contributed by atoms with E-state index in [1.165, 1.54) is 19.2 Å². The Morgan fingerprint density at radius 3 is 2.89 bits per heavy atom. The molecule has 6 nitrogen and oxygen atoms in total. The van der Waals surface area contributed by atoms with E-state index >= 15 is 0 Å². The monoisotopic (exact) mass is 262 g/mol. The first-order chi connectivity index (χ1) is 9.20. The van der Waals surface area contributed by atoms with E-state index in [9.17, 15) is 4.79 Å². The molecular weight excluding hydrogens is 248 g/mol. The number of aromatic nitrogens is 2. The summed E-state index contributed by atoms with van der Waals surface area (Å²) in [6, 6.07) is 4.52. The number of nitrogens with zero attached hydrogens (tertiary/aromatic N) is 2. The van der Waals surface area contributed by atoms with Gasteiger partial charge in [0.05, 0.1) is 25.5 Å². The maximum absolute atomic E-state index is 10.8. The SMILES string of the molecule is COc1cc(C(=O)O)ccc1OCCn1ccnc1. The van der Waals surface area contributed by atoms with Crippen LogP contribution in [0.25, 0.3) is 0 Å². The van der Waals surface area contributed by atoms with E-state index in [1.54, 1.807) is 18.6 Å². The number of carboxylic acid groups (broad SMARTS) is 1. The summed E-state index contributed by atoms with van der Waals surface area (Å²) < 4.78 is 12.6. The molecule has 0 bridgehead atoms. The van der Waals surface area contributed by atoms with Gasteiger partial charge in [0, 0.05) is 12.4 Å². The van der Waals surface area contributed by atoms with Gasteiger partial charge in [-0.3, -0.25) is 0 Å². The molecule has 6 heteroatoms. The molecule has 0 atom stereocenters. The van der Waals surface area contributed by atoms with E-state index < -0.39 is 5.97 Å². The second-order valence-corrected chi connectivity index (χ2v) is 3.82. The molecule has 2 rings (SSSR count). The zero-order chi connectivity index (χ0) is 13.7. The van der Waals surface area contributed by atoms with Gasteiger partial charge in [-0.05, 0) is 18.2 Å². The molecule has 1 heterocycles. The minimum Gasteiger partial charge on any atom is -0.493 e. The van der Waals surface area contributed by atoms with Crippen molar-refractivity contribution in [2.75, 3.05) is 13.7 Å². The molecule has 0 aliphatic heterocycles. The summed E-state index contributed by atoms with van der Waals surface area (Å²) >= 11 is 0. The normalized spacial score (nSPS) is 10.2. The van der Waals surface area contributed by atoms with Crippen molar-refractivity contribution < 1.29 is 19.4 Å². The quantitative estimate of drug-likeness (QED) is 0.857. The number of hydrogen-bond donors (Lipinski definition) is 1. The number of ether oxygens (including phenoxy) is 2. The molecule has 1 aromatic carbocycles. The van der Waals surface area contributed by atoms with E-state index in [1.807, 2.05) is 10.8 Å². The van der Waals surface area contributed by atoms with Crippen molar-refractivity contribution in [2.45, 2.75) is 6.54 Å². The van der Waals surface area contributed by atoms with E-state index in [-0.39, 0.29) is 5.56 Å². The minimum atomic E-state index is -0.997. The van der Waals surface area contributed by atoms with Crippen molar-refractivity contribution in [3.63, 3.8) is 0 Å². The Bertz CT molecular complexity index is 552. The fraction of sp³-hybridized carbons (Fsp3) is 0.231. The molecular formula is C13H14N2O4. The van der Waals surface area contributed by atoms with Crippen LogP contribution < -0.4 is 9.47 Å². The lowest BCUT2D eigenvalue weighted by molar-refractivity contribution is 0.0696. The number of imidazole rings is 1. The third-order valence-corrected chi connectivity index (χ3v) is 2.58. The second kappa shape index (κ2) is 5.90. The molecule has 0 saturated carbocycles. The third kappa shape index (κ3) is 3.25. The highest BCUT2D eigenvalue weighted by atomic mass is 16.5. The Labute approximate surface area is 110 Å². The maximum atomic E-state index is 10.8. The predicted octanol–water partition coefficient (Wildman–Crippen LogP) is 1.67. The van der Waals surface area contributed by atoms with Gasteiger partial charge >= 0.3 is 5.97 Å². The largest absolute Gasteiger partial charge is 0.493 e. The molecule has 1 N–H and O–H groups in total. The number of hydrogen-bond acceptors (Lipinski definition) is 4. The van der Waals surface area contributed by atoms with Gasteiger partial charge in [0.2, 0.25) is 0 Å². The highest BCUT2D eigenvalue weighted by molar-refractivity contribution is 5.88. The van der Waals surface area contributed by atoms with Gasteiger partial charge in [0.15, 0.2) is 11.5 Å². The van der Waals surface area contributed by atoms with Crippen molar-refractivity contribution in [3.8, 4) is 11.5 Å². The Morgan fingerprint density at radius 2 is 2.26 bits per heavy atom. The molecule has 0 fully saturated rings. The Balaban J connectivity index is 2.01. The lowest BCUT2D eigenvalue weighted by Gasteiger charge is -2.11. The van der Waals surface area contributed by atoms with E-state index in [4.69, 9.17) is 14.6 Å². The molecule has 0 amide bonds. The average Bonchev–Trinajstić information content (AvgIpc) is 2.92. The van der Waals surface area contributed by atoms with Gasteiger partial charge in [-0.2, -0.15) is 0 Å². The average molecular weight is 262 g/mol. The van der Waals surface area contributed by atoms with Crippen LogP contribution in [0.5, 0.6) is 11.5 Å². The Kier molecular flexibility index (Phi) is 4.02. The first-order valence-corrected chi connectivity index (χ1v) is 5.70. The first-order valence-electron chi connectivity index (χ1n) is 5.70. The number of benzene rings is 1. The van der Waals surface area contributed by atoms with Gasteiger partial charge in [-0.15, -0.1) is 0 Å². The molecule has 2 aromatic rings. The highest BCUT2D eigenvalue weighted by Crippen LogP contribution is 2.28. The van der Waals surface area contributed by atoms with Gasteiger partial charge in [0.25, 0.3) is 0 Å². The van der Waals surface area contributed by atoms with Crippen molar-refractivity contribution >= 4 is 5.97 Å². The van der Waals surface area contributed by atoms with Crippen molar-refractivity contribution in [3.05, 3.63) is 42.5 Å². The van der Waals surface area contributed by atoms with Crippen LogP contribution in [-0.4, -0.2) is 34.3 Å². The number of carboxylic acids is 1. The van der Waals surface area contributed by atoms with E-state index in [0.717, 1.165) is 0 Å². The molecule has 0 radical (unpaired) electrons. The fourth-order valence-electron chi connectivity index (χ4n) is 1.60. The summed E-state index contributed by atoms with van der Waals surface area (Å²) in [6.45, 7) is 1.10. The predicted molar refractivity (Wildman–Crippen MR) is 67.7 cm³/mol. The number of aromatic carboxylic acids is 1. The van der Waals surface area contributed by atoms with Crippen LogP contribution in [0.2, 0.25) is 0 Å². The summed E-state index contributed by atoms with van der Waals surface area (Å²) in [4.78, 5) is 14.8. The minimum absolute atomic E-state index is 0.166. The van der Waals surface area contributed by atoms with Crippen molar-refractivity contribution in [1.29, 1.82) is 0 Å². The van der Waals surface area contributed by atoms with Crippen molar-refractivity contribution in [1.82, 2.24) is 9.55 Å². The van der Waals surface area contributed by atoms with Crippen LogP contribution in [0.1, 0.15) is 10.4 Å². The topological polar surface area (TPSA) is 73.6 Å². The second-order valence-electron chi connectivity index (χ2n) is 3.82. The zero-order valence-corrected chi connectivity index (χ0v) is 10.4. The fourth-order valence-corrected chi connectivity index (χ4v) is 1.60. The molecule has 0 spiro atoms. The molecule has 0 aliphatic rings. The first kappa shape index (κ1) is 12.9. The molecule has 0 aliphatic carbocycles. The molecule has 0 unspecified atom stereocenters. The molecule has 1 aromatic heterocycles. The van der Waals surface area contributed by atoms with Gasteiger partial charge in [-0.25, -0.2) is 9.78 Å². The molecule has 100 valence electrons. The lowest BCUT2D eigenvalue weighted by atomic mass is 10.2. The van der Waals surface area contributed by atoms with Crippen molar-refractivity contribution in [2.24, 2.45) is 0 Å². The molecule has 19 heavy (non-hydrogen) atoms. The highest BCUT2D eigenvalue weighted by Gasteiger charge is 2.09. The number of methoxy groups -OCH3 is 1. The van der Waals surface area contributed by atoms with Gasteiger partial charge in [-0.1, -0.05) is 0 Å². The van der Waals surface area contributed by atoms with Crippen LogP contribution in [0.3, 0.4) is 0 Å². The van der Waals surface area contributed by atoms with E-state index in [0.29, 0.717) is 24.7 Å². The van der Waals surface area contributed by atoms with Gasteiger partial charge in [0.1, 0.15) is 6.61 Å². The Morgan fingerprint density at radius 1 is 1.42 bits per heavy atom. The smallest absolute Gasteiger partial charge is 0.335 e. The summed E-state index contributed by atoms with van der Waals surface area (Å²) in [6.07, 6.45) is 5.24. The maximum Gasteiger partial charge on any atom is 0.335 e. The Hall–Kier alpha value is -2.50. The number of carbonyl (C=O) groups is 1. The standard InChI is InChI=1S/C13H14N2O4/c1-18-12-8-10(13(16)17)2-3-11(12)19-7-6-15-5-4-14-9-15/h2-5,8-9H,6-7H2,1H3,(H,16,17). The van der Waals surface area contributed by atoms with Crippen LogP contribution >= 0.6 is 0 Å². The van der Waals surface area contributed by atoms with Crippen LogP contribution in [-0.2, 0) is 6.54 Å². The number of rotatable bonds is 6. The van der Waals surface area contributed by atoms with Gasteiger partial charge < -0.3 is 19.1 Å². The summed E-state index contributed by atoms with van der Waals surface area (Å²) in [5, 5.41) is 8.89. The third-order valence-electron chi connectivity index (χ3n) is 2.58. The van der Waals surface area contributed by atoms with E-state index in [2.05, 4.69) is 4.98 Å². The van der Waals surface area contributed by atoms with Crippen LogP contribution in [0.15, 0.2) is 36.9 Å². The summed E-state index contributed by atoms with van der Waals surface area (Å²) in [7, 11) is 1.48. The zero-order valence-electron chi connectivity index (χ0n) is 10.4.